The molecule has 1 heterocycles. The summed E-state index contributed by atoms with van der Waals surface area (Å²) in [6.07, 6.45) is 3.21. The van der Waals surface area contributed by atoms with E-state index in [1.54, 1.807) is 0 Å². The Balaban J connectivity index is 1.90. The van der Waals surface area contributed by atoms with Gasteiger partial charge in [0.1, 0.15) is 11.0 Å². The minimum Gasteiger partial charge on any atom is -0.236 e. The molecule has 0 spiro atoms. The number of rotatable bonds is 3. The van der Waals surface area contributed by atoms with Crippen molar-refractivity contribution in [2.75, 3.05) is 0 Å². The molecule has 0 aliphatic heterocycles. The van der Waals surface area contributed by atoms with Gasteiger partial charge in [-0.3, -0.25) is 0 Å². The molecular weight excluding hydrogens is 371 g/mol. The average molecular weight is 385 g/mol. The Labute approximate surface area is 131 Å². The molecule has 1 aromatic carbocycles. The van der Waals surface area contributed by atoms with Crippen molar-refractivity contribution in [2.45, 2.75) is 32.1 Å². The van der Waals surface area contributed by atoms with Gasteiger partial charge < -0.3 is 0 Å². The summed E-state index contributed by atoms with van der Waals surface area (Å²) < 4.78 is 1.02. The summed E-state index contributed by atoms with van der Waals surface area (Å²) in [6, 6.07) is 8.49. The van der Waals surface area contributed by atoms with Crippen LogP contribution in [0, 0.1) is 10.5 Å². The smallest absolute Gasteiger partial charge is 0.146 e. The van der Waals surface area contributed by atoms with Crippen LogP contribution < -0.4 is 0 Å². The first-order chi connectivity index (χ1) is 9.13. The van der Waals surface area contributed by atoms with Crippen LogP contribution in [-0.4, -0.2) is 9.97 Å². The van der Waals surface area contributed by atoms with E-state index in [4.69, 9.17) is 16.6 Å². The summed E-state index contributed by atoms with van der Waals surface area (Å²) in [7, 11) is 0. The Morgan fingerprint density at radius 2 is 1.89 bits per heavy atom. The van der Waals surface area contributed by atoms with Crippen LogP contribution in [0.2, 0.25) is 5.15 Å². The maximum Gasteiger partial charge on any atom is 0.146 e. The lowest BCUT2D eigenvalue weighted by Crippen LogP contribution is -2.03. The van der Waals surface area contributed by atoms with Gasteiger partial charge in [-0.25, -0.2) is 9.97 Å². The fraction of sp³-hybridized carbons (Fsp3) is 0.333. The number of nitrogens with zero attached hydrogens (tertiary/aromatic N) is 2. The maximum atomic E-state index is 6.22. The zero-order valence-electron chi connectivity index (χ0n) is 10.7. The number of benzene rings is 1. The van der Waals surface area contributed by atoms with Crippen molar-refractivity contribution in [2.24, 2.45) is 0 Å². The highest BCUT2D eigenvalue weighted by molar-refractivity contribution is 14.1. The van der Waals surface area contributed by atoms with Gasteiger partial charge in [0.05, 0.1) is 9.26 Å². The molecule has 3 rings (SSSR count). The third-order valence-electron chi connectivity index (χ3n) is 3.33. The first-order valence-corrected chi connectivity index (χ1v) is 7.86. The largest absolute Gasteiger partial charge is 0.236 e. The summed E-state index contributed by atoms with van der Waals surface area (Å²) in [5, 5.41) is 0.597. The first-order valence-electron chi connectivity index (χ1n) is 6.41. The highest BCUT2D eigenvalue weighted by atomic mass is 127. The van der Waals surface area contributed by atoms with Crippen LogP contribution >= 0.6 is 34.2 Å². The minimum atomic E-state index is 0.597. The van der Waals surface area contributed by atoms with Crippen molar-refractivity contribution in [1.29, 1.82) is 0 Å². The van der Waals surface area contributed by atoms with Crippen molar-refractivity contribution >= 4 is 34.2 Å². The van der Waals surface area contributed by atoms with E-state index >= 15 is 0 Å². The van der Waals surface area contributed by atoms with Crippen molar-refractivity contribution < 1.29 is 0 Å². The zero-order chi connectivity index (χ0) is 13.4. The molecule has 0 atom stereocenters. The Morgan fingerprint density at radius 3 is 2.53 bits per heavy atom. The van der Waals surface area contributed by atoms with Crippen LogP contribution in [0.1, 0.15) is 41.4 Å². The van der Waals surface area contributed by atoms with Crippen LogP contribution in [0.25, 0.3) is 0 Å². The monoisotopic (exact) mass is 384 g/mol. The quantitative estimate of drug-likeness (QED) is 0.575. The Bertz CT molecular complexity index is 606. The fourth-order valence-electron chi connectivity index (χ4n) is 2.08. The van der Waals surface area contributed by atoms with E-state index in [9.17, 15) is 0 Å². The molecule has 1 fully saturated rings. The third kappa shape index (κ3) is 3.08. The summed E-state index contributed by atoms with van der Waals surface area (Å²) in [6.45, 7) is 2.09. The lowest BCUT2D eigenvalue weighted by Gasteiger charge is -2.07. The number of aromatic nitrogens is 2. The molecular formula is C15H14ClIN2. The molecule has 1 aromatic heterocycles. The van der Waals surface area contributed by atoms with E-state index in [-0.39, 0.29) is 0 Å². The number of aryl methyl sites for hydroxylation is 1. The molecule has 19 heavy (non-hydrogen) atoms. The van der Waals surface area contributed by atoms with Crippen LogP contribution in [0.3, 0.4) is 0 Å². The van der Waals surface area contributed by atoms with Gasteiger partial charge in [0.15, 0.2) is 0 Å². The highest BCUT2D eigenvalue weighted by Crippen LogP contribution is 2.42. The highest BCUT2D eigenvalue weighted by Gasteiger charge is 2.29. The molecule has 0 amide bonds. The molecule has 0 N–H and O–H groups in total. The van der Waals surface area contributed by atoms with E-state index in [2.05, 4.69) is 58.8 Å². The molecule has 98 valence electrons. The van der Waals surface area contributed by atoms with E-state index in [1.165, 1.54) is 24.0 Å². The van der Waals surface area contributed by atoms with E-state index in [0.29, 0.717) is 11.1 Å². The average Bonchev–Trinajstić information content (AvgIpc) is 3.21. The predicted molar refractivity (Wildman–Crippen MR) is 85.7 cm³/mol. The molecule has 4 heteroatoms. The van der Waals surface area contributed by atoms with Crippen molar-refractivity contribution in [3.05, 3.63) is 55.6 Å². The van der Waals surface area contributed by atoms with Crippen LogP contribution in [0.5, 0.6) is 0 Å². The van der Waals surface area contributed by atoms with Gasteiger partial charge in [0.2, 0.25) is 0 Å². The second kappa shape index (κ2) is 5.37. The molecule has 1 saturated carbocycles. The normalized spacial score (nSPS) is 14.7. The Kier molecular flexibility index (Phi) is 3.76. The lowest BCUT2D eigenvalue weighted by atomic mass is 10.1. The molecule has 0 unspecified atom stereocenters. The molecule has 1 aliphatic carbocycles. The predicted octanol–water partition coefficient (Wildman–Crippen LogP) is 4.51. The Hall–Kier alpha value is -0.680. The van der Waals surface area contributed by atoms with Gasteiger partial charge >= 0.3 is 0 Å². The second-order valence-electron chi connectivity index (χ2n) is 5.07. The SMILES string of the molecule is Cc1ccc(Cc2nc(Cl)c(I)c(C3CC3)n2)cc1. The first kappa shape index (κ1) is 13.3. The molecule has 2 nitrogen and oxygen atoms in total. The van der Waals surface area contributed by atoms with E-state index in [1.807, 2.05) is 0 Å². The molecule has 1 aliphatic rings. The second-order valence-corrected chi connectivity index (χ2v) is 6.50. The van der Waals surface area contributed by atoms with Crippen LogP contribution in [-0.2, 0) is 6.42 Å². The van der Waals surface area contributed by atoms with Gasteiger partial charge in [-0.2, -0.15) is 0 Å². The molecule has 0 radical (unpaired) electrons. The van der Waals surface area contributed by atoms with Gasteiger partial charge in [-0.05, 0) is 47.9 Å². The third-order valence-corrected chi connectivity index (χ3v) is 4.99. The van der Waals surface area contributed by atoms with Crippen LogP contribution in [0.15, 0.2) is 24.3 Å². The van der Waals surface area contributed by atoms with E-state index in [0.717, 1.165) is 21.5 Å². The van der Waals surface area contributed by atoms with Crippen LogP contribution in [0.4, 0.5) is 0 Å². The fourth-order valence-corrected chi connectivity index (χ4v) is 2.95. The van der Waals surface area contributed by atoms with Crippen molar-refractivity contribution in [3.8, 4) is 0 Å². The maximum absolute atomic E-state index is 6.22. The molecule has 0 bridgehead atoms. The molecule has 0 saturated heterocycles. The lowest BCUT2D eigenvalue weighted by molar-refractivity contribution is 0.888. The minimum absolute atomic E-state index is 0.597. The van der Waals surface area contributed by atoms with Gasteiger partial charge in [-0.15, -0.1) is 0 Å². The van der Waals surface area contributed by atoms with Gasteiger partial charge in [0, 0.05) is 12.3 Å². The Morgan fingerprint density at radius 1 is 1.21 bits per heavy atom. The number of halogens is 2. The summed E-state index contributed by atoms with van der Waals surface area (Å²) >= 11 is 8.48. The molecule has 2 aromatic rings. The van der Waals surface area contributed by atoms with Crippen molar-refractivity contribution in [3.63, 3.8) is 0 Å². The van der Waals surface area contributed by atoms with Gasteiger partial charge in [0.25, 0.3) is 0 Å². The van der Waals surface area contributed by atoms with Gasteiger partial charge in [-0.1, -0.05) is 41.4 Å². The van der Waals surface area contributed by atoms with E-state index < -0.39 is 0 Å². The topological polar surface area (TPSA) is 25.8 Å². The van der Waals surface area contributed by atoms with Crippen molar-refractivity contribution in [1.82, 2.24) is 9.97 Å². The number of hydrogen-bond donors (Lipinski definition) is 0. The zero-order valence-corrected chi connectivity index (χ0v) is 13.6. The number of hydrogen-bond acceptors (Lipinski definition) is 2. The standard InChI is InChI=1S/C15H14ClIN2/c1-9-2-4-10(5-3-9)8-12-18-14(11-6-7-11)13(17)15(16)19-12/h2-5,11H,6-8H2,1H3. The summed E-state index contributed by atoms with van der Waals surface area (Å²) in [5.41, 5.74) is 3.64. The summed E-state index contributed by atoms with van der Waals surface area (Å²) in [4.78, 5) is 9.12. The summed E-state index contributed by atoms with van der Waals surface area (Å²) in [5.74, 6) is 1.43.